The molecule has 0 aliphatic heterocycles. The summed E-state index contributed by atoms with van der Waals surface area (Å²) in [7, 11) is 0. The Balaban J connectivity index is 1.46. The lowest BCUT2D eigenvalue weighted by atomic mass is 10.2. The van der Waals surface area contributed by atoms with Crippen LogP contribution in [-0.2, 0) is 17.9 Å². The Morgan fingerprint density at radius 3 is 2.62 bits per heavy atom. The highest BCUT2D eigenvalue weighted by molar-refractivity contribution is 7.99. The number of nitrogens with zero attached hydrogens (tertiary/aromatic N) is 4. The van der Waals surface area contributed by atoms with Crippen LogP contribution in [0, 0.1) is 12.7 Å². The van der Waals surface area contributed by atoms with Crippen LogP contribution in [0.2, 0.25) is 0 Å². The number of thiazole rings is 1. The van der Waals surface area contributed by atoms with Gasteiger partial charge in [0.15, 0.2) is 16.1 Å². The Hall–Kier alpha value is -3.24. The van der Waals surface area contributed by atoms with E-state index in [-0.39, 0.29) is 17.5 Å². The third kappa shape index (κ3) is 5.92. The Morgan fingerprint density at radius 1 is 1.12 bits per heavy atom. The lowest BCUT2D eigenvalue weighted by molar-refractivity contribution is -0.113. The number of carbonyl (C=O) groups is 1. The Labute approximate surface area is 193 Å². The molecule has 0 bridgehead atoms. The third-order valence-corrected chi connectivity index (χ3v) is 6.27. The van der Waals surface area contributed by atoms with Crippen molar-refractivity contribution in [3.63, 3.8) is 0 Å². The van der Waals surface area contributed by atoms with Crippen molar-refractivity contribution in [2.24, 2.45) is 0 Å². The highest BCUT2D eigenvalue weighted by Gasteiger charge is 2.15. The second-order valence-electron chi connectivity index (χ2n) is 6.94. The predicted molar refractivity (Wildman–Crippen MR) is 125 cm³/mol. The number of benzene rings is 2. The quantitative estimate of drug-likeness (QED) is 0.350. The number of aromatic nitrogens is 4. The number of aryl methyl sites for hydroxylation is 1. The highest BCUT2D eigenvalue weighted by atomic mass is 32.2. The fourth-order valence-electron chi connectivity index (χ4n) is 2.93. The first-order valence-corrected chi connectivity index (χ1v) is 11.7. The van der Waals surface area contributed by atoms with E-state index in [1.54, 1.807) is 18.3 Å². The van der Waals surface area contributed by atoms with Crippen LogP contribution in [0.25, 0.3) is 0 Å². The molecule has 0 fully saturated rings. The SMILES string of the molecule is Cc1cnc(NC(=O)CSc2nnc(CNc3ccc(F)cc3)n2Cc2ccccc2)s1. The van der Waals surface area contributed by atoms with Gasteiger partial charge < -0.3 is 15.2 Å². The van der Waals surface area contributed by atoms with Crippen molar-refractivity contribution < 1.29 is 9.18 Å². The molecule has 2 heterocycles. The maximum atomic E-state index is 13.2. The third-order valence-electron chi connectivity index (χ3n) is 4.47. The minimum Gasteiger partial charge on any atom is -0.378 e. The van der Waals surface area contributed by atoms with Crippen LogP contribution in [0.5, 0.6) is 0 Å². The van der Waals surface area contributed by atoms with E-state index in [0.29, 0.717) is 23.4 Å². The monoisotopic (exact) mass is 468 g/mol. The van der Waals surface area contributed by atoms with E-state index in [1.807, 2.05) is 41.8 Å². The number of carbonyl (C=O) groups excluding carboxylic acids is 1. The largest absolute Gasteiger partial charge is 0.378 e. The van der Waals surface area contributed by atoms with Gasteiger partial charge in [-0.2, -0.15) is 0 Å². The van der Waals surface area contributed by atoms with Crippen molar-refractivity contribution in [3.8, 4) is 0 Å². The summed E-state index contributed by atoms with van der Waals surface area (Å²) < 4.78 is 15.1. The van der Waals surface area contributed by atoms with Crippen molar-refractivity contribution in [1.82, 2.24) is 19.7 Å². The van der Waals surface area contributed by atoms with Crippen molar-refractivity contribution in [2.75, 3.05) is 16.4 Å². The fraction of sp³-hybridized carbons (Fsp3) is 0.182. The molecular formula is C22H21FN6OS2. The maximum absolute atomic E-state index is 13.2. The number of thioether (sulfide) groups is 1. The van der Waals surface area contributed by atoms with Crippen molar-refractivity contribution in [3.05, 3.63) is 82.9 Å². The predicted octanol–water partition coefficient (Wildman–Crippen LogP) is 4.57. The summed E-state index contributed by atoms with van der Waals surface area (Å²) in [6.07, 6.45) is 1.73. The van der Waals surface area contributed by atoms with Crippen LogP contribution in [0.3, 0.4) is 0 Å². The topological polar surface area (TPSA) is 84.7 Å². The lowest BCUT2D eigenvalue weighted by Gasteiger charge is -2.11. The first-order chi connectivity index (χ1) is 15.6. The number of anilines is 2. The summed E-state index contributed by atoms with van der Waals surface area (Å²) in [5, 5.41) is 15.9. The first-order valence-electron chi connectivity index (χ1n) is 9.87. The molecule has 1 amide bonds. The van der Waals surface area contributed by atoms with Crippen molar-refractivity contribution >= 4 is 39.8 Å². The van der Waals surface area contributed by atoms with E-state index in [0.717, 1.165) is 22.0 Å². The van der Waals surface area contributed by atoms with Gasteiger partial charge in [-0.05, 0) is 36.8 Å². The van der Waals surface area contributed by atoms with E-state index < -0.39 is 0 Å². The molecule has 2 aromatic carbocycles. The summed E-state index contributed by atoms with van der Waals surface area (Å²) in [4.78, 5) is 17.5. The summed E-state index contributed by atoms with van der Waals surface area (Å²) in [5.41, 5.74) is 1.88. The number of amides is 1. The molecule has 7 nitrogen and oxygen atoms in total. The molecule has 0 spiro atoms. The zero-order chi connectivity index (χ0) is 22.3. The molecule has 0 atom stereocenters. The van der Waals surface area contributed by atoms with Gasteiger partial charge in [0, 0.05) is 16.8 Å². The average molecular weight is 469 g/mol. The van der Waals surface area contributed by atoms with Crippen molar-refractivity contribution in [2.45, 2.75) is 25.2 Å². The fourth-order valence-corrected chi connectivity index (χ4v) is 4.37. The van der Waals surface area contributed by atoms with E-state index in [4.69, 9.17) is 0 Å². The molecule has 0 aliphatic carbocycles. The Bertz CT molecular complexity index is 1180. The summed E-state index contributed by atoms with van der Waals surface area (Å²) in [5.74, 6) is 0.477. The number of halogens is 1. The molecular weight excluding hydrogens is 447 g/mol. The Kier molecular flexibility index (Phi) is 7.13. The number of rotatable bonds is 9. The highest BCUT2D eigenvalue weighted by Crippen LogP contribution is 2.21. The molecule has 0 unspecified atom stereocenters. The minimum absolute atomic E-state index is 0.149. The molecule has 164 valence electrons. The molecule has 0 radical (unpaired) electrons. The van der Waals surface area contributed by atoms with E-state index >= 15 is 0 Å². The standard InChI is InChI=1S/C22H21FN6OS2/c1-15-11-25-21(32-15)26-20(30)14-31-22-28-27-19(12-24-18-9-7-17(23)8-10-18)29(22)13-16-5-3-2-4-6-16/h2-11,24H,12-14H2,1H3,(H,25,26,30). The van der Waals surface area contributed by atoms with Gasteiger partial charge in [0.2, 0.25) is 5.91 Å². The molecule has 4 aromatic rings. The second kappa shape index (κ2) is 10.4. The number of nitrogens with one attached hydrogen (secondary N) is 2. The van der Waals surface area contributed by atoms with Crippen LogP contribution < -0.4 is 10.6 Å². The molecule has 4 rings (SSSR count). The molecule has 2 N–H and O–H groups in total. The molecule has 0 aliphatic rings. The first kappa shape index (κ1) is 22.0. The zero-order valence-corrected chi connectivity index (χ0v) is 18.9. The summed E-state index contributed by atoms with van der Waals surface area (Å²) >= 11 is 2.76. The van der Waals surface area contributed by atoms with Gasteiger partial charge in [0.05, 0.1) is 18.8 Å². The zero-order valence-electron chi connectivity index (χ0n) is 17.3. The summed E-state index contributed by atoms with van der Waals surface area (Å²) in [6, 6.07) is 16.1. The van der Waals surface area contributed by atoms with Gasteiger partial charge >= 0.3 is 0 Å². The van der Waals surface area contributed by atoms with E-state index in [1.165, 1.54) is 35.2 Å². The molecule has 10 heteroatoms. The summed E-state index contributed by atoms with van der Waals surface area (Å²) in [6.45, 7) is 2.93. The van der Waals surface area contributed by atoms with Crippen LogP contribution in [0.4, 0.5) is 15.2 Å². The second-order valence-corrected chi connectivity index (χ2v) is 9.12. The number of hydrogen-bond acceptors (Lipinski definition) is 7. The van der Waals surface area contributed by atoms with E-state index in [9.17, 15) is 9.18 Å². The van der Waals surface area contributed by atoms with Gasteiger partial charge in [0.1, 0.15) is 5.82 Å². The lowest BCUT2D eigenvalue weighted by Crippen LogP contribution is -2.15. The average Bonchev–Trinajstić information content (AvgIpc) is 3.38. The minimum atomic E-state index is -0.285. The van der Waals surface area contributed by atoms with Gasteiger partial charge in [-0.1, -0.05) is 42.1 Å². The van der Waals surface area contributed by atoms with Crippen LogP contribution in [-0.4, -0.2) is 31.4 Å². The van der Waals surface area contributed by atoms with Crippen molar-refractivity contribution in [1.29, 1.82) is 0 Å². The molecule has 0 saturated heterocycles. The van der Waals surface area contributed by atoms with Gasteiger partial charge in [-0.25, -0.2) is 9.37 Å². The molecule has 32 heavy (non-hydrogen) atoms. The van der Waals surface area contributed by atoms with Crippen LogP contribution >= 0.6 is 23.1 Å². The van der Waals surface area contributed by atoms with Crippen LogP contribution in [0.1, 0.15) is 16.3 Å². The maximum Gasteiger partial charge on any atom is 0.236 e. The molecule has 0 saturated carbocycles. The normalized spacial score (nSPS) is 10.8. The van der Waals surface area contributed by atoms with Gasteiger partial charge in [0.25, 0.3) is 0 Å². The molecule has 2 aromatic heterocycles. The van der Waals surface area contributed by atoms with E-state index in [2.05, 4.69) is 25.8 Å². The smallest absolute Gasteiger partial charge is 0.236 e. The number of hydrogen-bond donors (Lipinski definition) is 2. The Morgan fingerprint density at radius 2 is 1.91 bits per heavy atom. The van der Waals surface area contributed by atoms with Gasteiger partial charge in [-0.3, -0.25) is 4.79 Å². The van der Waals surface area contributed by atoms with Gasteiger partial charge in [-0.15, -0.1) is 21.5 Å². The van der Waals surface area contributed by atoms with Crippen LogP contribution in [0.15, 0.2) is 66.0 Å².